The molecular formula is C18H27N3O. The lowest BCUT2D eigenvalue weighted by atomic mass is 9.95. The highest BCUT2D eigenvalue weighted by Gasteiger charge is 2.27. The van der Waals surface area contributed by atoms with Crippen LogP contribution < -0.4 is 0 Å². The molecule has 2 aliphatic rings. The molecule has 1 aromatic rings. The summed E-state index contributed by atoms with van der Waals surface area (Å²) in [6.45, 7) is 9.42. The second kappa shape index (κ2) is 6.78. The van der Waals surface area contributed by atoms with Crippen LogP contribution in [0.25, 0.3) is 0 Å². The number of nitrogens with zero attached hydrogens (tertiary/aromatic N) is 3. The molecule has 0 spiro atoms. The molecule has 2 saturated heterocycles. The van der Waals surface area contributed by atoms with Crippen molar-refractivity contribution >= 4 is 5.91 Å². The monoisotopic (exact) mass is 301 g/mol. The van der Waals surface area contributed by atoms with Gasteiger partial charge in [-0.25, -0.2) is 4.98 Å². The number of carbonyl (C=O) groups excluding carboxylic acids is 1. The fourth-order valence-corrected chi connectivity index (χ4v) is 3.59. The topological polar surface area (TPSA) is 36.4 Å². The van der Waals surface area contributed by atoms with E-state index in [0.29, 0.717) is 11.6 Å². The number of hydrogen-bond acceptors (Lipinski definition) is 3. The molecule has 0 aromatic carbocycles. The van der Waals surface area contributed by atoms with Gasteiger partial charge < -0.3 is 4.90 Å². The largest absolute Gasteiger partial charge is 0.337 e. The molecule has 1 amide bonds. The summed E-state index contributed by atoms with van der Waals surface area (Å²) in [7, 11) is 0. The second-order valence-corrected chi connectivity index (χ2v) is 7.01. The van der Waals surface area contributed by atoms with Crippen LogP contribution in [-0.4, -0.2) is 46.9 Å². The normalized spacial score (nSPS) is 22.8. The van der Waals surface area contributed by atoms with Crippen LogP contribution in [0.5, 0.6) is 0 Å². The smallest absolute Gasteiger partial charge is 0.272 e. The zero-order valence-electron chi connectivity index (χ0n) is 13.8. The number of carbonyl (C=O) groups is 1. The first kappa shape index (κ1) is 15.5. The summed E-state index contributed by atoms with van der Waals surface area (Å²) < 4.78 is 0. The standard InChI is InChI=1S/C18H27N3O/c1-3-5-15-11-20(12-15)13-16-6-4-7-17(19-16)18(22)21-9-8-14(2)10-21/h4,6-7,14-15H,3,5,8-13H2,1-2H3. The van der Waals surface area contributed by atoms with Crippen LogP contribution in [0, 0.1) is 11.8 Å². The Morgan fingerprint density at radius 3 is 2.82 bits per heavy atom. The Bertz CT molecular complexity index is 525. The third-order valence-corrected chi connectivity index (χ3v) is 4.85. The number of amides is 1. The zero-order valence-corrected chi connectivity index (χ0v) is 13.8. The third kappa shape index (κ3) is 3.49. The number of likely N-dealkylation sites (tertiary alicyclic amines) is 2. The van der Waals surface area contributed by atoms with Crippen LogP contribution in [0.3, 0.4) is 0 Å². The summed E-state index contributed by atoms with van der Waals surface area (Å²) in [5.74, 6) is 1.57. The van der Waals surface area contributed by atoms with Crippen molar-refractivity contribution < 1.29 is 4.79 Å². The van der Waals surface area contributed by atoms with Gasteiger partial charge in [-0.15, -0.1) is 0 Å². The number of pyridine rings is 1. The molecule has 4 nitrogen and oxygen atoms in total. The highest BCUT2D eigenvalue weighted by Crippen LogP contribution is 2.22. The number of rotatable bonds is 5. The Balaban J connectivity index is 1.57. The Kier molecular flexibility index (Phi) is 4.77. The van der Waals surface area contributed by atoms with Gasteiger partial charge in [0.25, 0.3) is 5.91 Å². The van der Waals surface area contributed by atoms with Gasteiger partial charge in [0, 0.05) is 32.7 Å². The molecule has 0 radical (unpaired) electrons. The van der Waals surface area contributed by atoms with Gasteiger partial charge in [0.2, 0.25) is 0 Å². The van der Waals surface area contributed by atoms with E-state index in [1.165, 1.54) is 25.9 Å². The van der Waals surface area contributed by atoms with E-state index in [2.05, 4.69) is 23.7 Å². The summed E-state index contributed by atoms with van der Waals surface area (Å²) in [6, 6.07) is 5.86. The molecule has 3 heterocycles. The predicted molar refractivity (Wildman–Crippen MR) is 87.6 cm³/mol. The van der Waals surface area contributed by atoms with Crippen molar-refractivity contribution in [1.29, 1.82) is 0 Å². The fraction of sp³-hybridized carbons (Fsp3) is 0.667. The molecule has 22 heavy (non-hydrogen) atoms. The van der Waals surface area contributed by atoms with Crippen LogP contribution in [-0.2, 0) is 6.54 Å². The van der Waals surface area contributed by atoms with Gasteiger partial charge in [-0.2, -0.15) is 0 Å². The molecule has 3 rings (SSSR count). The first-order valence-electron chi connectivity index (χ1n) is 8.63. The van der Waals surface area contributed by atoms with Crippen molar-refractivity contribution in [3.05, 3.63) is 29.6 Å². The molecule has 0 aliphatic carbocycles. The number of hydrogen-bond donors (Lipinski definition) is 0. The molecular weight excluding hydrogens is 274 g/mol. The number of aromatic nitrogens is 1. The Morgan fingerprint density at radius 2 is 2.14 bits per heavy atom. The first-order chi connectivity index (χ1) is 10.7. The Morgan fingerprint density at radius 1 is 1.32 bits per heavy atom. The molecule has 2 aliphatic heterocycles. The molecule has 0 bridgehead atoms. The van der Waals surface area contributed by atoms with E-state index in [9.17, 15) is 4.79 Å². The van der Waals surface area contributed by atoms with E-state index in [1.807, 2.05) is 23.1 Å². The van der Waals surface area contributed by atoms with Crippen LogP contribution in [0.4, 0.5) is 0 Å². The minimum atomic E-state index is 0.0960. The highest BCUT2D eigenvalue weighted by molar-refractivity contribution is 5.92. The van der Waals surface area contributed by atoms with Crippen molar-refractivity contribution in [2.75, 3.05) is 26.2 Å². The maximum Gasteiger partial charge on any atom is 0.272 e. The summed E-state index contributed by atoms with van der Waals surface area (Å²) in [5, 5.41) is 0. The summed E-state index contributed by atoms with van der Waals surface area (Å²) in [6.07, 6.45) is 3.71. The molecule has 1 atom stereocenters. The highest BCUT2D eigenvalue weighted by atomic mass is 16.2. The van der Waals surface area contributed by atoms with Gasteiger partial charge in [0.05, 0.1) is 5.69 Å². The molecule has 0 N–H and O–H groups in total. The fourth-order valence-electron chi connectivity index (χ4n) is 3.59. The van der Waals surface area contributed by atoms with Gasteiger partial charge in [0.1, 0.15) is 5.69 Å². The van der Waals surface area contributed by atoms with E-state index in [-0.39, 0.29) is 5.91 Å². The van der Waals surface area contributed by atoms with E-state index >= 15 is 0 Å². The van der Waals surface area contributed by atoms with Crippen LogP contribution in [0.1, 0.15) is 49.3 Å². The Hall–Kier alpha value is -1.42. The molecule has 1 aromatic heterocycles. The van der Waals surface area contributed by atoms with Crippen molar-refractivity contribution in [1.82, 2.24) is 14.8 Å². The lowest BCUT2D eigenvalue weighted by Crippen LogP contribution is -2.45. The van der Waals surface area contributed by atoms with Crippen LogP contribution >= 0.6 is 0 Å². The molecule has 4 heteroatoms. The average molecular weight is 301 g/mol. The van der Waals surface area contributed by atoms with Gasteiger partial charge in [-0.05, 0) is 36.8 Å². The minimum Gasteiger partial charge on any atom is -0.337 e. The quantitative estimate of drug-likeness (QED) is 0.839. The van der Waals surface area contributed by atoms with E-state index in [4.69, 9.17) is 0 Å². The van der Waals surface area contributed by atoms with Crippen LogP contribution in [0.2, 0.25) is 0 Å². The zero-order chi connectivity index (χ0) is 15.5. The second-order valence-electron chi connectivity index (χ2n) is 7.01. The maximum absolute atomic E-state index is 12.5. The predicted octanol–water partition coefficient (Wildman–Crippen LogP) is 2.80. The summed E-state index contributed by atoms with van der Waals surface area (Å²) in [4.78, 5) is 21.5. The third-order valence-electron chi connectivity index (χ3n) is 4.85. The maximum atomic E-state index is 12.5. The average Bonchev–Trinajstić information content (AvgIpc) is 2.91. The lowest BCUT2D eigenvalue weighted by Gasteiger charge is -2.39. The van der Waals surface area contributed by atoms with Crippen molar-refractivity contribution in [2.45, 2.75) is 39.7 Å². The van der Waals surface area contributed by atoms with Gasteiger partial charge in [0.15, 0.2) is 0 Å². The summed E-state index contributed by atoms with van der Waals surface area (Å²) in [5.41, 5.74) is 1.63. The van der Waals surface area contributed by atoms with Gasteiger partial charge in [-0.3, -0.25) is 9.69 Å². The lowest BCUT2D eigenvalue weighted by molar-refractivity contribution is 0.0774. The van der Waals surface area contributed by atoms with Crippen LogP contribution in [0.15, 0.2) is 18.2 Å². The van der Waals surface area contributed by atoms with Crippen molar-refractivity contribution in [3.63, 3.8) is 0 Å². The van der Waals surface area contributed by atoms with Crippen molar-refractivity contribution in [3.8, 4) is 0 Å². The Labute approximate surface area is 133 Å². The van der Waals surface area contributed by atoms with E-state index in [1.54, 1.807) is 0 Å². The molecule has 1 unspecified atom stereocenters. The van der Waals surface area contributed by atoms with Crippen molar-refractivity contribution in [2.24, 2.45) is 11.8 Å². The van der Waals surface area contributed by atoms with Gasteiger partial charge >= 0.3 is 0 Å². The minimum absolute atomic E-state index is 0.0960. The van der Waals surface area contributed by atoms with Gasteiger partial charge in [-0.1, -0.05) is 26.3 Å². The molecule has 0 saturated carbocycles. The van der Waals surface area contributed by atoms with E-state index < -0.39 is 0 Å². The summed E-state index contributed by atoms with van der Waals surface area (Å²) >= 11 is 0. The van der Waals surface area contributed by atoms with E-state index in [0.717, 1.165) is 37.7 Å². The SMILES string of the molecule is CCCC1CN(Cc2cccc(C(=O)N3CCC(C)C3)n2)C1. The molecule has 2 fully saturated rings. The molecule has 120 valence electrons. The first-order valence-corrected chi connectivity index (χ1v) is 8.63.